The molecule has 1 aromatic heterocycles. The second-order valence-corrected chi connectivity index (χ2v) is 7.99. The van der Waals surface area contributed by atoms with Crippen LogP contribution in [0.4, 0.5) is 4.79 Å². The van der Waals surface area contributed by atoms with Crippen LogP contribution in [0.1, 0.15) is 29.4 Å². The van der Waals surface area contributed by atoms with Crippen LogP contribution in [0, 0.1) is 13.8 Å². The molecule has 8 nitrogen and oxygen atoms in total. The number of aromatic nitrogens is 2. The van der Waals surface area contributed by atoms with Crippen molar-refractivity contribution in [3.05, 3.63) is 83.2 Å². The largest absolute Gasteiger partial charge is 0.350 e. The van der Waals surface area contributed by atoms with Crippen molar-refractivity contribution in [1.82, 2.24) is 25.3 Å². The number of rotatable bonds is 6. The number of aryl methyl sites for hydroxylation is 1. The van der Waals surface area contributed by atoms with Crippen molar-refractivity contribution in [3.63, 3.8) is 0 Å². The van der Waals surface area contributed by atoms with Gasteiger partial charge in [-0.05, 0) is 38.5 Å². The number of nitrogens with one attached hydrogen (secondary N) is 2. The molecule has 1 aliphatic heterocycles. The highest BCUT2D eigenvalue weighted by Crippen LogP contribution is 2.28. The highest BCUT2D eigenvalue weighted by Gasteiger charge is 2.49. The number of carbonyl (C=O) groups excluding carboxylic acids is 3. The predicted molar refractivity (Wildman–Crippen MR) is 119 cm³/mol. The molecule has 0 bridgehead atoms. The molecule has 0 spiro atoms. The third-order valence-electron chi connectivity index (χ3n) is 5.83. The van der Waals surface area contributed by atoms with E-state index in [9.17, 15) is 14.4 Å². The van der Waals surface area contributed by atoms with Crippen LogP contribution in [-0.2, 0) is 21.7 Å². The molecule has 1 unspecified atom stereocenters. The standard InChI is InChI=1S/C24H25N5O3/c1-16-20(17(2)29(27-16)19-12-8-5-9-13-19)14-25-21(30)15-28-22(31)24(3,26-23(28)32)18-10-6-4-7-11-18/h4-13H,14-15H2,1-3H3,(H,25,30)(H,26,32). The number of para-hydroxylation sites is 1. The lowest BCUT2D eigenvalue weighted by Gasteiger charge is -2.22. The number of amides is 4. The molecule has 32 heavy (non-hydrogen) atoms. The van der Waals surface area contributed by atoms with E-state index >= 15 is 0 Å². The zero-order valence-electron chi connectivity index (χ0n) is 18.3. The number of hydrogen-bond donors (Lipinski definition) is 2. The van der Waals surface area contributed by atoms with Crippen LogP contribution in [0.3, 0.4) is 0 Å². The van der Waals surface area contributed by atoms with Gasteiger partial charge in [-0.2, -0.15) is 5.10 Å². The Morgan fingerprint density at radius 2 is 1.66 bits per heavy atom. The molecule has 1 aliphatic rings. The third kappa shape index (κ3) is 3.75. The van der Waals surface area contributed by atoms with Crippen molar-refractivity contribution < 1.29 is 14.4 Å². The molecular weight excluding hydrogens is 406 g/mol. The summed E-state index contributed by atoms with van der Waals surface area (Å²) in [6, 6.07) is 18.1. The van der Waals surface area contributed by atoms with Crippen molar-refractivity contribution >= 4 is 17.8 Å². The highest BCUT2D eigenvalue weighted by atomic mass is 16.2. The first-order valence-corrected chi connectivity index (χ1v) is 10.4. The third-order valence-corrected chi connectivity index (χ3v) is 5.83. The van der Waals surface area contributed by atoms with Gasteiger partial charge < -0.3 is 10.6 Å². The van der Waals surface area contributed by atoms with E-state index in [1.165, 1.54) is 0 Å². The van der Waals surface area contributed by atoms with Gasteiger partial charge in [0, 0.05) is 17.8 Å². The second-order valence-electron chi connectivity index (χ2n) is 7.99. The Morgan fingerprint density at radius 1 is 1.03 bits per heavy atom. The summed E-state index contributed by atoms with van der Waals surface area (Å²) in [5, 5.41) is 10.1. The van der Waals surface area contributed by atoms with E-state index in [0.717, 1.165) is 27.5 Å². The lowest BCUT2D eigenvalue weighted by atomic mass is 9.92. The summed E-state index contributed by atoms with van der Waals surface area (Å²) in [5.41, 5.74) is 3.03. The number of urea groups is 1. The average Bonchev–Trinajstić information content (AvgIpc) is 3.21. The minimum absolute atomic E-state index is 0.253. The summed E-state index contributed by atoms with van der Waals surface area (Å²) in [5.74, 6) is -0.870. The lowest BCUT2D eigenvalue weighted by Crippen LogP contribution is -2.43. The quantitative estimate of drug-likeness (QED) is 0.587. The molecule has 164 valence electrons. The molecule has 0 radical (unpaired) electrons. The average molecular weight is 431 g/mol. The minimum atomic E-state index is -1.19. The molecule has 1 fully saturated rings. The van der Waals surface area contributed by atoms with Crippen LogP contribution in [0.25, 0.3) is 5.69 Å². The first-order chi connectivity index (χ1) is 15.3. The maximum atomic E-state index is 13.0. The zero-order valence-corrected chi connectivity index (χ0v) is 18.3. The van der Waals surface area contributed by atoms with E-state index < -0.39 is 23.4 Å². The Hall–Kier alpha value is -3.94. The highest BCUT2D eigenvalue weighted by molar-refractivity contribution is 6.09. The Balaban J connectivity index is 1.43. The van der Waals surface area contributed by atoms with Gasteiger partial charge in [-0.15, -0.1) is 0 Å². The normalized spacial score (nSPS) is 18.0. The Morgan fingerprint density at radius 3 is 2.31 bits per heavy atom. The van der Waals surface area contributed by atoms with Gasteiger partial charge in [-0.25, -0.2) is 9.48 Å². The molecule has 3 aromatic rings. The van der Waals surface area contributed by atoms with Crippen molar-refractivity contribution in [1.29, 1.82) is 0 Å². The minimum Gasteiger partial charge on any atom is -0.350 e. The second kappa shape index (κ2) is 8.30. The SMILES string of the molecule is Cc1nn(-c2ccccc2)c(C)c1CNC(=O)CN1C(=O)NC(C)(c2ccccc2)C1=O. The van der Waals surface area contributed by atoms with Crippen molar-refractivity contribution in [2.24, 2.45) is 0 Å². The molecule has 4 amide bonds. The molecule has 8 heteroatoms. The summed E-state index contributed by atoms with van der Waals surface area (Å²) >= 11 is 0. The number of nitrogens with zero attached hydrogens (tertiary/aromatic N) is 3. The smallest absolute Gasteiger partial charge is 0.325 e. The van der Waals surface area contributed by atoms with Gasteiger partial charge >= 0.3 is 6.03 Å². The van der Waals surface area contributed by atoms with Gasteiger partial charge in [0.15, 0.2) is 0 Å². The van der Waals surface area contributed by atoms with Gasteiger partial charge in [0.2, 0.25) is 5.91 Å². The van der Waals surface area contributed by atoms with Crippen molar-refractivity contribution in [2.75, 3.05) is 6.54 Å². The van der Waals surface area contributed by atoms with Crippen LogP contribution < -0.4 is 10.6 Å². The van der Waals surface area contributed by atoms with Crippen molar-refractivity contribution in [3.8, 4) is 5.69 Å². The van der Waals surface area contributed by atoms with E-state index in [0.29, 0.717) is 5.56 Å². The fourth-order valence-electron chi connectivity index (χ4n) is 3.95. The van der Waals surface area contributed by atoms with Gasteiger partial charge in [0.05, 0.1) is 11.4 Å². The number of carbonyl (C=O) groups is 3. The number of benzene rings is 2. The summed E-state index contributed by atoms with van der Waals surface area (Å²) < 4.78 is 1.83. The topological polar surface area (TPSA) is 96.3 Å². The Bertz CT molecular complexity index is 1170. The monoisotopic (exact) mass is 431 g/mol. The Kier molecular flexibility index (Phi) is 5.52. The predicted octanol–water partition coefficient (Wildman–Crippen LogP) is 2.57. The fourth-order valence-corrected chi connectivity index (χ4v) is 3.95. The molecule has 4 rings (SSSR count). The summed E-state index contributed by atoms with van der Waals surface area (Å²) in [6.45, 7) is 5.38. The summed E-state index contributed by atoms with van der Waals surface area (Å²) in [7, 11) is 0. The van der Waals surface area contributed by atoms with Crippen molar-refractivity contribution in [2.45, 2.75) is 32.9 Å². The van der Waals surface area contributed by atoms with Crippen LogP contribution in [-0.4, -0.2) is 39.1 Å². The van der Waals surface area contributed by atoms with Crippen LogP contribution in [0.2, 0.25) is 0 Å². The lowest BCUT2D eigenvalue weighted by molar-refractivity contribution is -0.134. The molecule has 1 saturated heterocycles. The maximum Gasteiger partial charge on any atom is 0.325 e. The molecule has 0 saturated carbocycles. The van der Waals surface area contributed by atoms with E-state index in [1.54, 1.807) is 31.2 Å². The van der Waals surface area contributed by atoms with E-state index in [2.05, 4.69) is 15.7 Å². The molecule has 0 aliphatic carbocycles. The summed E-state index contributed by atoms with van der Waals surface area (Å²) in [6.07, 6.45) is 0. The molecule has 1 atom stereocenters. The van der Waals surface area contributed by atoms with E-state index in [4.69, 9.17) is 0 Å². The fraction of sp³-hybridized carbons (Fsp3) is 0.250. The van der Waals surface area contributed by atoms with Gasteiger partial charge in [0.1, 0.15) is 12.1 Å². The Labute approximate surface area is 186 Å². The molecular formula is C24H25N5O3. The van der Waals surface area contributed by atoms with E-state index in [1.807, 2.05) is 54.9 Å². The zero-order chi connectivity index (χ0) is 22.9. The maximum absolute atomic E-state index is 13.0. The van der Waals surface area contributed by atoms with Gasteiger partial charge in [-0.1, -0.05) is 48.5 Å². The molecule has 2 heterocycles. The first kappa shape index (κ1) is 21.3. The molecule has 2 aromatic carbocycles. The van der Waals surface area contributed by atoms with Gasteiger partial charge in [0.25, 0.3) is 5.91 Å². The van der Waals surface area contributed by atoms with Crippen LogP contribution in [0.5, 0.6) is 0 Å². The van der Waals surface area contributed by atoms with Crippen LogP contribution in [0.15, 0.2) is 60.7 Å². The summed E-state index contributed by atoms with van der Waals surface area (Å²) in [4.78, 5) is 39.0. The number of imide groups is 1. The molecule has 2 N–H and O–H groups in total. The van der Waals surface area contributed by atoms with Gasteiger partial charge in [-0.3, -0.25) is 14.5 Å². The first-order valence-electron chi connectivity index (χ1n) is 10.4. The number of hydrogen-bond acceptors (Lipinski definition) is 4. The van der Waals surface area contributed by atoms with E-state index in [-0.39, 0.29) is 13.1 Å². The van der Waals surface area contributed by atoms with Crippen LogP contribution >= 0.6 is 0 Å².